The van der Waals surface area contributed by atoms with Gasteiger partial charge in [0, 0.05) is 54.6 Å². The zero-order valence-corrected chi connectivity index (χ0v) is 18.9. The molecule has 3 aliphatic heterocycles. The molecular weight excluding hydrogens is 406 g/mol. The number of hydrogen-bond donors (Lipinski definition) is 0. The number of rotatable bonds is 4. The first-order valence-electron chi connectivity index (χ1n) is 11.8. The van der Waals surface area contributed by atoms with Gasteiger partial charge in [-0.1, -0.05) is 12.5 Å². The average molecular weight is 438 g/mol. The lowest BCUT2D eigenvalue weighted by molar-refractivity contribution is -0.154. The molecule has 1 aliphatic carbocycles. The highest BCUT2D eigenvalue weighted by Crippen LogP contribution is 2.58. The van der Waals surface area contributed by atoms with Crippen molar-refractivity contribution < 1.29 is 23.7 Å². The third-order valence-corrected chi connectivity index (χ3v) is 7.83. The molecule has 0 aromatic heterocycles. The second kappa shape index (κ2) is 7.77. The Morgan fingerprint density at radius 1 is 0.875 bits per heavy atom. The summed E-state index contributed by atoms with van der Waals surface area (Å²) in [4.78, 5) is 2.62. The number of ether oxygens (including phenoxy) is 5. The molecule has 6 heteroatoms. The molecule has 0 spiro atoms. The van der Waals surface area contributed by atoms with Crippen LogP contribution in [0.3, 0.4) is 0 Å². The molecule has 1 saturated carbocycles. The maximum atomic E-state index is 7.03. The van der Waals surface area contributed by atoms with Crippen LogP contribution < -0.4 is 23.7 Å². The van der Waals surface area contributed by atoms with E-state index in [-0.39, 0.29) is 18.4 Å². The lowest BCUT2D eigenvalue weighted by Crippen LogP contribution is -2.61. The van der Waals surface area contributed by atoms with Crippen molar-refractivity contribution in [1.29, 1.82) is 0 Å². The van der Waals surface area contributed by atoms with Crippen molar-refractivity contribution in [1.82, 2.24) is 4.90 Å². The van der Waals surface area contributed by atoms with Gasteiger partial charge >= 0.3 is 0 Å². The van der Waals surface area contributed by atoms with Gasteiger partial charge in [-0.2, -0.15) is 0 Å². The molecule has 170 valence electrons. The summed E-state index contributed by atoms with van der Waals surface area (Å²) in [5.74, 6) is 4.64. The summed E-state index contributed by atoms with van der Waals surface area (Å²) in [5.41, 5.74) is 2.07. The van der Waals surface area contributed by atoms with E-state index < -0.39 is 0 Å². The number of methoxy groups -OCH3 is 2. The molecule has 6 nitrogen and oxygen atoms in total. The van der Waals surface area contributed by atoms with Gasteiger partial charge in [0.1, 0.15) is 17.2 Å². The first-order chi connectivity index (χ1) is 15.7. The predicted octanol–water partition coefficient (Wildman–Crippen LogP) is 4.94. The Kier molecular flexibility index (Phi) is 4.86. The van der Waals surface area contributed by atoms with Gasteiger partial charge in [-0.15, -0.1) is 0 Å². The fourth-order valence-corrected chi connectivity index (χ4v) is 6.40. The standard InChI is InChI=1S/C26H31NO5/c1-28-17-8-9-18(21(13-17)29-2)25-19-14-23-24(31-16-30-23)15-22(19)32-26(27-11-5-6-12-27)10-4-3-7-20(25)26/h8-9,13-15,20,25H,3-7,10-12,16H2,1-2H3. The van der Waals surface area contributed by atoms with Crippen molar-refractivity contribution in [2.24, 2.45) is 5.92 Å². The summed E-state index contributed by atoms with van der Waals surface area (Å²) in [7, 11) is 3.44. The van der Waals surface area contributed by atoms with Gasteiger partial charge in [0.25, 0.3) is 0 Å². The molecule has 0 bridgehead atoms. The molecule has 3 heterocycles. The number of fused-ring (bicyclic) bond motifs is 3. The number of hydrogen-bond acceptors (Lipinski definition) is 6. The van der Waals surface area contributed by atoms with E-state index in [0.29, 0.717) is 5.92 Å². The Balaban J connectivity index is 1.56. The van der Waals surface area contributed by atoms with Crippen molar-refractivity contribution in [2.75, 3.05) is 34.1 Å². The molecule has 2 aromatic rings. The fraction of sp³-hybridized carbons (Fsp3) is 0.538. The quantitative estimate of drug-likeness (QED) is 0.675. The number of likely N-dealkylation sites (tertiary alicyclic amines) is 1. The third-order valence-electron chi connectivity index (χ3n) is 7.83. The van der Waals surface area contributed by atoms with Crippen molar-refractivity contribution in [3.63, 3.8) is 0 Å². The molecule has 1 saturated heterocycles. The zero-order valence-electron chi connectivity index (χ0n) is 18.9. The molecule has 6 rings (SSSR count). The van der Waals surface area contributed by atoms with Gasteiger partial charge in [-0.3, -0.25) is 4.90 Å². The van der Waals surface area contributed by atoms with E-state index in [1.807, 2.05) is 18.2 Å². The maximum Gasteiger partial charge on any atom is 0.231 e. The number of nitrogens with zero attached hydrogens (tertiary/aromatic N) is 1. The van der Waals surface area contributed by atoms with Crippen LogP contribution in [-0.4, -0.2) is 44.7 Å². The largest absolute Gasteiger partial charge is 0.497 e. The molecule has 2 fully saturated rings. The lowest BCUT2D eigenvalue weighted by Gasteiger charge is -2.55. The van der Waals surface area contributed by atoms with Crippen molar-refractivity contribution in [3.8, 4) is 28.7 Å². The van der Waals surface area contributed by atoms with Gasteiger partial charge in [-0.25, -0.2) is 0 Å². The Bertz CT molecular complexity index is 1020. The van der Waals surface area contributed by atoms with E-state index in [1.165, 1.54) is 36.8 Å². The molecule has 0 amide bonds. The van der Waals surface area contributed by atoms with Crippen LogP contribution in [0.5, 0.6) is 28.7 Å². The molecule has 3 unspecified atom stereocenters. The summed E-state index contributed by atoms with van der Waals surface area (Å²) >= 11 is 0. The SMILES string of the molecule is COc1ccc(C2c3cc4c(cc3OC3(N5CCCC5)CCCCC23)OCO4)c(OC)c1. The van der Waals surface area contributed by atoms with Crippen LogP contribution >= 0.6 is 0 Å². The van der Waals surface area contributed by atoms with Crippen LogP contribution in [0.25, 0.3) is 0 Å². The minimum Gasteiger partial charge on any atom is -0.497 e. The normalized spacial score (nSPS) is 28.6. The molecule has 0 N–H and O–H groups in total. The molecular formula is C26H31NO5. The molecule has 0 radical (unpaired) electrons. The van der Waals surface area contributed by atoms with E-state index in [9.17, 15) is 0 Å². The summed E-state index contributed by atoms with van der Waals surface area (Å²) in [6.45, 7) is 2.46. The lowest BCUT2D eigenvalue weighted by atomic mass is 9.66. The highest BCUT2D eigenvalue weighted by atomic mass is 16.7. The van der Waals surface area contributed by atoms with Crippen molar-refractivity contribution >= 4 is 0 Å². The summed E-state index contributed by atoms with van der Waals surface area (Å²) in [6.07, 6.45) is 7.08. The van der Waals surface area contributed by atoms with E-state index in [2.05, 4.69) is 17.0 Å². The molecule has 2 aromatic carbocycles. The van der Waals surface area contributed by atoms with Crippen LogP contribution in [0, 0.1) is 5.92 Å². The number of benzene rings is 2. The predicted molar refractivity (Wildman–Crippen MR) is 120 cm³/mol. The fourth-order valence-electron chi connectivity index (χ4n) is 6.40. The smallest absolute Gasteiger partial charge is 0.231 e. The minimum atomic E-state index is -0.287. The van der Waals surface area contributed by atoms with Gasteiger partial charge in [0.05, 0.1) is 14.2 Å². The van der Waals surface area contributed by atoms with Crippen LogP contribution in [-0.2, 0) is 0 Å². The Morgan fingerprint density at radius 3 is 2.47 bits per heavy atom. The van der Waals surface area contributed by atoms with Gasteiger partial charge in [0.15, 0.2) is 17.2 Å². The van der Waals surface area contributed by atoms with Crippen LogP contribution in [0.2, 0.25) is 0 Å². The molecule has 4 aliphatic rings. The third kappa shape index (κ3) is 2.95. The molecule has 3 atom stereocenters. The highest BCUT2D eigenvalue weighted by Gasteiger charge is 2.55. The van der Waals surface area contributed by atoms with Crippen molar-refractivity contribution in [3.05, 3.63) is 41.5 Å². The average Bonchev–Trinajstić information content (AvgIpc) is 3.53. The Labute approximate surface area is 189 Å². The van der Waals surface area contributed by atoms with Crippen LogP contribution in [0.1, 0.15) is 55.6 Å². The Morgan fingerprint density at radius 2 is 1.69 bits per heavy atom. The van der Waals surface area contributed by atoms with E-state index in [1.54, 1.807) is 14.2 Å². The van der Waals surface area contributed by atoms with Crippen LogP contribution in [0.4, 0.5) is 0 Å². The van der Waals surface area contributed by atoms with Crippen LogP contribution in [0.15, 0.2) is 30.3 Å². The van der Waals surface area contributed by atoms with Crippen molar-refractivity contribution in [2.45, 2.75) is 50.2 Å². The van der Waals surface area contributed by atoms with E-state index in [4.69, 9.17) is 23.7 Å². The second-order valence-corrected chi connectivity index (χ2v) is 9.32. The topological polar surface area (TPSA) is 49.4 Å². The molecule has 32 heavy (non-hydrogen) atoms. The highest BCUT2D eigenvalue weighted by molar-refractivity contribution is 5.58. The Hall–Kier alpha value is -2.60. The van der Waals surface area contributed by atoms with E-state index in [0.717, 1.165) is 54.7 Å². The van der Waals surface area contributed by atoms with Gasteiger partial charge in [0.2, 0.25) is 6.79 Å². The second-order valence-electron chi connectivity index (χ2n) is 9.32. The first kappa shape index (κ1) is 20.0. The minimum absolute atomic E-state index is 0.148. The van der Waals surface area contributed by atoms with Gasteiger partial charge < -0.3 is 23.7 Å². The van der Waals surface area contributed by atoms with Gasteiger partial charge in [-0.05, 0) is 37.8 Å². The summed E-state index contributed by atoms with van der Waals surface area (Å²) < 4.78 is 29.9. The van der Waals surface area contributed by atoms with E-state index >= 15 is 0 Å². The first-order valence-corrected chi connectivity index (χ1v) is 11.8. The maximum absolute atomic E-state index is 7.03. The summed E-state index contributed by atoms with van der Waals surface area (Å²) in [5, 5.41) is 0. The zero-order chi connectivity index (χ0) is 21.7. The monoisotopic (exact) mass is 437 g/mol. The summed E-state index contributed by atoms with van der Waals surface area (Å²) in [6, 6.07) is 10.4.